The number of nitrogens with one attached hydrogen (secondary N) is 1. The van der Waals surface area contributed by atoms with Crippen molar-refractivity contribution in [2.45, 2.75) is 123 Å². The highest BCUT2D eigenvalue weighted by Gasteiger charge is 2.16. The summed E-state index contributed by atoms with van der Waals surface area (Å²) in [4.78, 5) is 21.2. The average molecular weight is 506 g/mol. The Kier molecular flexibility index (Phi) is 27.4. The predicted octanol–water partition coefficient (Wildman–Crippen LogP) is 7.33. The van der Waals surface area contributed by atoms with Crippen molar-refractivity contribution in [3.8, 4) is 0 Å². The maximum Gasteiger partial charge on any atom is 0.329 e. The zero-order valence-electron chi connectivity index (χ0n) is 22.7. The number of likely N-dealkylation sites (N-methyl/N-ethyl adjacent to an activating group) is 1. The summed E-state index contributed by atoms with van der Waals surface area (Å²) in [5.74, 6) is 0.0709. The number of unbranched alkanes of at least 4 members (excludes halogenated alkanes) is 15. The summed E-state index contributed by atoms with van der Waals surface area (Å²) < 4.78 is 16.4. The monoisotopic (exact) mass is 505 g/mol. The smallest absolute Gasteiger partial charge is 0.329 e. The lowest BCUT2D eigenvalue weighted by Crippen LogP contribution is -2.19. The second kappa shape index (κ2) is 27.5. The molecule has 34 heavy (non-hydrogen) atoms. The zero-order chi connectivity index (χ0) is 25.1. The van der Waals surface area contributed by atoms with Crippen molar-refractivity contribution in [2.75, 3.05) is 40.0 Å². The highest BCUT2D eigenvalue weighted by atomic mass is 31.2. The second-order valence-electron chi connectivity index (χ2n) is 9.62. The van der Waals surface area contributed by atoms with Crippen molar-refractivity contribution in [2.24, 2.45) is 5.92 Å². The Hall–Kier alpha value is -0.100. The van der Waals surface area contributed by atoms with Gasteiger partial charge >= 0.3 is 8.60 Å². The molecule has 0 fully saturated rings. The van der Waals surface area contributed by atoms with Crippen LogP contribution in [0, 0.1) is 5.92 Å². The van der Waals surface area contributed by atoms with Crippen molar-refractivity contribution in [1.29, 1.82) is 0 Å². The van der Waals surface area contributed by atoms with E-state index in [1.54, 1.807) is 6.92 Å². The lowest BCUT2D eigenvalue weighted by Gasteiger charge is -2.18. The van der Waals surface area contributed by atoms with Gasteiger partial charge in [0.25, 0.3) is 0 Å². The van der Waals surface area contributed by atoms with Gasteiger partial charge in [0.05, 0.1) is 19.8 Å². The molecule has 0 radical (unpaired) electrons. The van der Waals surface area contributed by atoms with Crippen LogP contribution in [0.3, 0.4) is 0 Å². The van der Waals surface area contributed by atoms with Crippen LogP contribution in [-0.2, 0) is 18.6 Å². The third kappa shape index (κ3) is 26.5. The van der Waals surface area contributed by atoms with E-state index in [2.05, 4.69) is 12.2 Å². The number of rotatable bonds is 28. The summed E-state index contributed by atoms with van der Waals surface area (Å²) in [5, 5.41) is 2.94. The minimum Gasteiger partial charge on any atom is -0.381 e. The van der Waals surface area contributed by atoms with E-state index in [1.807, 2.05) is 7.05 Å². The van der Waals surface area contributed by atoms with Crippen LogP contribution in [0.1, 0.15) is 123 Å². The van der Waals surface area contributed by atoms with Gasteiger partial charge in [0, 0.05) is 25.5 Å². The normalized spacial score (nSPS) is 13.3. The van der Waals surface area contributed by atoms with Gasteiger partial charge in [-0.3, -0.25) is 0 Å². The first kappa shape index (κ1) is 33.9. The molecule has 0 rings (SSSR count). The molecule has 0 aromatic rings. The van der Waals surface area contributed by atoms with E-state index in [-0.39, 0.29) is 18.3 Å². The first-order chi connectivity index (χ1) is 16.6. The summed E-state index contributed by atoms with van der Waals surface area (Å²) in [6.07, 6.45) is 22.1. The van der Waals surface area contributed by atoms with Crippen LogP contribution >= 0.6 is 8.60 Å². The Morgan fingerprint density at radius 1 is 0.765 bits per heavy atom. The van der Waals surface area contributed by atoms with Crippen molar-refractivity contribution in [1.82, 2.24) is 5.32 Å². The van der Waals surface area contributed by atoms with Crippen LogP contribution in [-0.4, -0.2) is 50.7 Å². The molecular weight excluding hydrogens is 449 g/mol. The lowest BCUT2D eigenvalue weighted by molar-refractivity contribution is -0.118. The van der Waals surface area contributed by atoms with Crippen LogP contribution in [0.5, 0.6) is 0 Å². The molecule has 0 aliphatic carbocycles. The molecule has 0 aliphatic rings. The molecule has 7 heteroatoms. The predicted molar refractivity (Wildman–Crippen MR) is 144 cm³/mol. The number of hydrogen-bond acceptors (Lipinski definition) is 6. The molecular formula is C27H56NO5P. The fourth-order valence-electron chi connectivity index (χ4n) is 4.01. The van der Waals surface area contributed by atoms with Gasteiger partial charge in [-0.2, -0.15) is 0 Å². The molecule has 0 saturated heterocycles. The van der Waals surface area contributed by atoms with E-state index in [1.165, 1.54) is 96.3 Å². The van der Waals surface area contributed by atoms with Gasteiger partial charge in [0.1, 0.15) is 5.78 Å². The van der Waals surface area contributed by atoms with Crippen molar-refractivity contribution in [3.63, 3.8) is 0 Å². The maximum absolute atomic E-state index is 11.5. The number of Topliss-reactive ketones (excluding diaryl/α,β-unsaturated/α-hetero) is 1. The SMILES string of the molecule is CCCCCCCCCCCCCCCCCCOCC(COP(O)OCCNC)CC(C)=O. The second-order valence-corrected chi connectivity index (χ2v) is 10.6. The van der Waals surface area contributed by atoms with Crippen molar-refractivity contribution < 1.29 is 23.5 Å². The molecule has 0 spiro atoms. The third-order valence-electron chi connectivity index (χ3n) is 6.05. The summed E-state index contributed by atoms with van der Waals surface area (Å²) in [6.45, 7) is 6.39. The molecule has 0 bridgehead atoms. The van der Waals surface area contributed by atoms with Gasteiger partial charge in [-0.15, -0.1) is 0 Å². The molecule has 0 aliphatic heterocycles. The highest BCUT2D eigenvalue weighted by Crippen LogP contribution is 2.33. The largest absolute Gasteiger partial charge is 0.381 e. The van der Waals surface area contributed by atoms with Crippen LogP contribution < -0.4 is 5.32 Å². The molecule has 0 saturated carbocycles. The minimum atomic E-state index is -1.90. The Labute approximate surface area is 212 Å². The van der Waals surface area contributed by atoms with E-state index < -0.39 is 8.60 Å². The van der Waals surface area contributed by atoms with Gasteiger partial charge in [0.2, 0.25) is 0 Å². The summed E-state index contributed by atoms with van der Waals surface area (Å²) >= 11 is 0. The minimum absolute atomic E-state index is 0.0383. The van der Waals surface area contributed by atoms with Crippen LogP contribution in [0.2, 0.25) is 0 Å². The molecule has 0 aromatic heterocycles. The number of carbonyl (C=O) groups excluding carboxylic acids is 1. The molecule has 0 heterocycles. The van der Waals surface area contributed by atoms with E-state index in [4.69, 9.17) is 13.8 Å². The standard InChI is InChI=1S/C27H56NO5P/c1-4-5-6-7-8-9-10-11-12-13-14-15-16-17-18-19-21-31-24-27(23-26(2)29)25-33-34(30)32-22-20-28-3/h27-28,30H,4-25H2,1-3H3. The highest BCUT2D eigenvalue weighted by molar-refractivity contribution is 7.40. The van der Waals surface area contributed by atoms with Crippen molar-refractivity contribution in [3.05, 3.63) is 0 Å². The van der Waals surface area contributed by atoms with E-state index >= 15 is 0 Å². The van der Waals surface area contributed by atoms with Gasteiger partial charge in [-0.05, 0) is 20.4 Å². The molecule has 2 unspecified atom stereocenters. The Balaban J connectivity index is 3.49. The number of carbonyl (C=O) groups is 1. The first-order valence-electron chi connectivity index (χ1n) is 14.1. The summed E-state index contributed by atoms with van der Waals surface area (Å²) in [5.41, 5.74) is 0. The first-order valence-corrected chi connectivity index (χ1v) is 15.2. The van der Waals surface area contributed by atoms with E-state index in [9.17, 15) is 9.69 Å². The van der Waals surface area contributed by atoms with Gasteiger partial charge < -0.3 is 28.8 Å². The molecule has 6 nitrogen and oxygen atoms in total. The quantitative estimate of drug-likeness (QED) is 0.0856. The lowest BCUT2D eigenvalue weighted by atomic mass is 10.0. The Morgan fingerprint density at radius 2 is 1.26 bits per heavy atom. The summed E-state index contributed by atoms with van der Waals surface area (Å²) in [7, 11) is -0.0744. The third-order valence-corrected chi connectivity index (χ3v) is 6.82. The van der Waals surface area contributed by atoms with Gasteiger partial charge in [0.15, 0.2) is 0 Å². The Bertz CT molecular complexity index is 428. The van der Waals surface area contributed by atoms with Crippen LogP contribution in [0.25, 0.3) is 0 Å². The Morgan fingerprint density at radius 3 is 1.74 bits per heavy atom. The van der Waals surface area contributed by atoms with Crippen molar-refractivity contribution >= 4 is 14.4 Å². The zero-order valence-corrected chi connectivity index (χ0v) is 23.6. The summed E-state index contributed by atoms with van der Waals surface area (Å²) in [6, 6.07) is 0. The molecule has 0 aromatic carbocycles. The number of ether oxygens (including phenoxy) is 1. The fourth-order valence-corrected chi connectivity index (χ4v) is 4.67. The van der Waals surface area contributed by atoms with E-state index in [0.29, 0.717) is 26.2 Å². The van der Waals surface area contributed by atoms with Gasteiger partial charge in [-0.1, -0.05) is 103 Å². The maximum atomic E-state index is 11.5. The van der Waals surface area contributed by atoms with Crippen LogP contribution in [0.15, 0.2) is 0 Å². The van der Waals surface area contributed by atoms with E-state index in [0.717, 1.165) is 13.0 Å². The van der Waals surface area contributed by atoms with Gasteiger partial charge in [-0.25, -0.2) is 0 Å². The topological polar surface area (TPSA) is 77.0 Å². The molecule has 204 valence electrons. The van der Waals surface area contributed by atoms with Crippen LogP contribution in [0.4, 0.5) is 0 Å². The molecule has 2 atom stereocenters. The number of ketones is 1. The molecule has 0 amide bonds. The average Bonchev–Trinajstić information content (AvgIpc) is 2.81. The number of hydrogen-bond donors (Lipinski definition) is 2. The molecule has 2 N–H and O–H groups in total. The fraction of sp³-hybridized carbons (Fsp3) is 0.963.